The average molecular weight is 567 g/mol. The lowest BCUT2D eigenvalue weighted by Crippen LogP contribution is -2.38. The van der Waals surface area contributed by atoms with Gasteiger partial charge in [-0.15, -0.1) is 0 Å². The van der Waals surface area contributed by atoms with Crippen molar-refractivity contribution in [3.8, 4) is 22.9 Å². The molecule has 3 N–H and O–H groups in total. The van der Waals surface area contributed by atoms with Crippen LogP contribution in [0, 0.1) is 18.6 Å². The number of hydrogen-bond donors (Lipinski definition) is 4. The molecule has 0 amide bonds. The van der Waals surface area contributed by atoms with Crippen LogP contribution in [-0.2, 0) is 10.9 Å². The molecule has 12 heteroatoms. The minimum atomic E-state index is -3.11. The molecule has 4 aromatic rings. The molecule has 1 aliphatic heterocycles. The molecule has 0 radical (unpaired) electrons. The average Bonchev–Trinajstić information content (AvgIpc) is 2.97. The van der Waals surface area contributed by atoms with E-state index in [4.69, 9.17) is 4.74 Å². The molecule has 2 aromatic carbocycles. The largest absolute Gasteiger partial charge is 0.435 e. The zero-order chi connectivity index (χ0) is 28.1. The maximum atomic E-state index is 15.5. The highest BCUT2D eigenvalue weighted by Gasteiger charge is 2.26. The Hall–Kier alpha value is -4.00. The van der Waals surface area contributed by atoms with Gasteiger partial charge in [0.15, 0.2) is 11.6 Å². The molecule has 0 unspecified atom stereocenters. The maximum absolute atomic E-state index is 15.5. The van der Waals surface area contributed by atoms with Crippen LogP contribution in [0.15, 0.2) is 67.0 Å². The third-order valence-corrected chi connectivity index (χ3v) is 7.05. The predicted molar refractivity (Wildman–Crippen MR) is 148 cm³/mol. The van der Waals surface area contributed by atoms with Crippen LogP contribution in [0.5, 0.6) is 11.6 Å². The van der Waals surface area contributed by atoms with E-state index in [1.54, 1.807) is 61.7 Å². The Labute approximate surface area is 232 Å². The summed E-state index contributed by atoms with van der Waals surface area (Å²) in [6.07, 6.45) is 5.13. The van der Waals surface area contributed by atoms with Gasteiger partial charge in [-0.05, 0) is 61.7 Å². The molecule has 2 atom stereocenters. The Balaban J connectivity index is 1.47. The number of aryl methyl sites for hydroxylation is 1. The fraction of sp³-hybridized carbons (Fsp3) is 0.250. The van der Waals surface area contributed by atoms with E-state index in [1.807, 2.05) is 0 Å². The van der Waals surface area contributed by atoms with Crippen LogP contribution in [0.1, 0.15) is 35.6 Å². The second-order valence-corrected chi connectivity index (χ2v) is 10.2. The van der Waals surface area contributed by atoms with Gasteiger partial charge in [-0.1, -0.05) is 30.3 Å². The number of pyridine rings is 1. The van der Waals surface area contributed by atoms with Gasteiger partial charge in [0.25, 0.3) is 0 Å². The molecule has 0 saturated carbocycles. The predicted octanol–water partition coefficient (Wildman–Crippen LogP) is 4.29. The van der Waals surface area contributed by atoms with E-state index in [-0.39, 0.29) is 28.8 Å². The lowest BCUT2D eigenvalue weighted by molar-refractivity contribution is 0.399. The zero-order valence-corrected chi connectivity index (χ0v) is 22.5. The molecule has 5 rings (SSSR count). The summed E-state index contributed by atoms with van der Waals surface area (Å²) in [5.41, 5.74) is 1.50. The standard InChI is InChI=1S/C28H28F2N6O3S/c1-17-15-21(25(36-40(37)38)18-7-3-2-4-8-18)23(29)24(30)26(17)39-27-20(10-6-13-32-27)22-11-14-33-28(35-22)34-19-9-5-12-31-16-19/h2-4,6-8,10-11,13-15,19,25,31,40H,5,9,12,16H2,1H3,(H,33,34,35)(H,36,37,38)/t19-,25-/m0/s1. The van der Waals surface area contributed by atoms with Crippen LogP contribution < -0.4 is 20.1 Å². The first-order valence-electron chi connectivity index (χ1n) is 12.8. The summed E-state index contributed by atoms with van der Waals surface area (Å²) < 4.78 is 62.2. The van der Waals surface area contributed by atoms with Crippen molar-refractivity contribution in [1.29, 1.82) is 0 Å². The van der Waals surface area contributed by atoms with Crippen LogP contribution in [0.3, 0.4) is 0 Å². The summed E-state index contributed by atoms with van der Waals surface area (Å²) in [6, 6.07) is 13.9. The van der Waals surface area contributed by atoms with Crippen LogP contribution in [0.4, 0.5) is 14.7 Å². The molecule has 1 saturated heterocycles. The van der Waals surface area contributed by atoms with Gasteiger partial charge in [-0.25, -0.2) is 32.5 Å². The lowest BCUT2D eigenvalue weighted by atomic mass is 9.97. The number of benzene rings is 2. The highest BCUT2D eigenvalue weighted by molar-refractivity contribution is 7.70. The Morgan fingerprint density at radius 2 is 1.88 bits per heavy atom. The Morgan fingerprint density at radius 1 is 1.05 bits per heavy atom. The summed E-state index contributed by atoms with van der Waals surface area (Å²) in [6.45, 7) is 3.34. The molecule has 3 heterocycles. The van der Waals surface area contributed by atoms with Crippen molar-refractivity contribution in [2.24, 2.45) is 0 Å². The normalized spacial score (nSPS) is 16.1. The van der Waals surface area contributed by atoms with E-state index >= 15 is 8.78 Å². The van der Waals surface area contributed by atoms with Crippen molar-refractivity contribution >= 4 is 16.8 Å². The highest BCUT2D eigenvalue weighted by atomic mass is 32.2. The molecular formula is C28H28F2N6O3S. The first-order valence-corrected chi connectivity index (χ1v) is 14.0. The summed E-state index contributed by atoms with van der Waals surface area (Å²) in [7, 11) is -3.11. The van der Waals surface area contributed by atoms with Gasteiger partial charge in [0.2, 0.25) is 28.5 Å². The van der Waals surface area contributed by atoms with Crippen molar-refractivity contribution in [2.45, 2.75) is 31.8 Å². The summed E-state index contributed by atoms with van der Waals surface area (Å²) >= 11 is 0. The van der Waals surface area contributed by atoms with Crippen LogP contribution in [0.25, 0.3) is 11.3 Å². The molecule has 1 fully saturated rings. The van der Waals surface area contributed by atoms with Gasteiger partial charge in [0.05, 0.1) is 17.3 Å². The van der Waals surface area contributed by atoms with E-state index in [1.165, 1.54) is 12.3 Å². The number of aromatic nitrogens is 3. The molecule has 0 spiro atoms. The van der Waals surface area contributed by atoms with Gasteiger partial charge < -0.3 is 15.4 Å². The van der Waals surface area contributed by atoms with Gasteiger partial charge in [-0.2, -0.15) is 4.39 Å². The smallest absolute Gasteiger partial charge is 0.228 e. The van der Waals surface area contributed by atoms with Crippen LogP contribution in [0.2, 0.25) is 0 Å². The number of thiol groups is 1. The van der Waals surface area contributed by atoms with Crippen molar-refractivity contribution in [3.63, 3.8) is 0 Å². The fourth-order valence-corrected chi connectivity index (χ4v) is 5.17. The molecule has 0 aliphatic carbocycles. The SMILES string of the molecule is Cc1cc([C@@H](N[SH](=O)=O)c2ccccc2)c(F)c(F)c1Oc1ncccc1-c1ccnc(N[C@H]2CCCNC2)n1. The van der Waals surface area contributed by atoms with E-state index in [2.05, 4.69) is 30.3 Å². The number of hydrogen-bond acceptors (Lipinski definition) is 8. The van der Waals surface area contributed by atoms with Crippen LogP contribution in [-0.4, -0.2) is 42.5 Å². The summed E-state index contributed by atoms with van der Waals surface area (Å²) in [5.74, 6) is -2.38. The molecule has 1 aliphatic rings. The molecule has 0 bridgehead atoms. The van der Waals surface area contributed by atoms with Crippen LogP contribution >= 0.6 is 0 Å². The minimum absolute atomic E-state index is 0.0287. The van der Waals surface area contributed by atoms with Crippen molar-refractivity contribution in [1.82, 2.24) is 25.0 Å². The lowest BCUT2D eigenvalue weighted by Gasteiger charge is -2.23. The van der Waals surface area contributed by atoms with Gasteiger partial charge in [-0.3, -0.25) is 0 Å². The van der Waals surface area contributed by atoms with Crippen molar-refractivity contribution < 1.29 is 21.9 Å². The van der Waals surface area contributed by atoms with E-state index in [0.717, 1.165) is 25.9 Å². The van der Waals surface area contributed by atoms with Crippen molar-refractivity contribution in [2.75, 3.05) is 18.4 Å². The minimum Gasteiger partial charge on any atom is -0.435 e. The third kappa shape index (κ3) is 6.24. The van der Waals surface area contributed by atoms with E-state index in [9.17, 15) is 8.42 Å². The zero-order valence-electron chi connectivity index (χ0n) is 21.6. The quantitative estimate of drug-likeness (QED) is 0.222. The second-order valence-electron chi connectivity index (χ2n) is 9.38. The molecule has 40 heavy (non-hydrogen) atoms. The number of piperidine rings is 1. The number of nitrogens with zero attached hydrogens (tertiary/aromatic N) is 3. The number of halogens is 2. The Bertz CT molecular complexity index is 1560. The second kappa shape index (κ2) is 12.5. The molecule has 2 aromatic heterocycles. The number of rotatable bonds is 9. The first kappa shape index (κ1) is 27.6. The number of nitrogens with one attached hydrogen (secondary N) is 3. The monoisotopic (exact) mass is 566 g/mol. The topological polar surface area (TPSA) is 118 Å². The molecule has 208 valence electrons. The first-order chi connectivity index (χ1) is 19.4. The van der Waals surface area contributed by atoms with E-state index < -0.39 is 28.6 Å². The van der Waals surface area contributed by atoms with Crippen molar-refractivity contribution in [3.05, 3.63) is 95.3 Å². The fourth-order valence-electron chi connectivity index (χ4n) is 4.67. The molecule has 9 nitrogen and oxygen atoms in total. The summed E-state index contributed by atoms with van der Waals surface area (Å²) in [5, 5.41) is 6.66. The van der Waals surface area contributed by atoms with Gasteiger partial charge in [0.1, 0.15) is 0 Å². The highest BCUT2D eigenvalue weighted by Crippen LogP contribution is 2.37. The molecular weight excluding hydrogens is 538 g/mol. The number of anilines is 1. The van der Waals surface area contributed by atoms with E-state index in [0.29, 0.717) is 22.8 Å². The maximum Gasteiger partial charge on any atom is 0.228 e. The third-order valence-electron chi connectivity index (χ3n) is 6.59. The summed E-state index contributed by atoms with van der Waals surface area (Å²) in [4.78, 5) is 13.2. The Morgan fingerprint density at radius 3 is 2.62 bits per heavy atom. The van der Waals surface area contributed by atoms with Gasteiger partial charge >= 0.3 is 0 Å². The van der Waals surface area contributed by atoms with Gasteiger partial charge in [0, 0.05) is 30.5 Å². The number of ether oxygens (including phenoxy) is 1. The Kier molecular flexibility index (Phi) is 8.58.